The molecule has 0 aliphatic carbocycles. The molecule has 0 spiro atoms. The van der Waals surface area contributed by atoms with E-state index >= 15 is 0 Å². The predicted octanol–water partition coefficient (Wildman–Crippen LogP) is 6.63. The van der Waals surface area contributed by atoms with Gasteiger partial charge in [0.1, 0.15) is 5.82 Å². The summed E-state index contributed by atoms with van der Waals surface area (Å²) < 4.78 is 91.2. The number of hydrogen-bond acceptors (Lipinski definition) is 0. The lowest BCUT2D eigenvalue weighted by Crippen LogP contribution is -2.02. The van der Waals surface area contributed by atoms with Crippen LogP contribution < -0.4 is 0 Å². The van der Waals surface area contributed by atoms with E-state index in [1.807, 2.05) is 0 Å². The topological polar surface area (TPSA) is 0 Å². The first-order valence-electron chi connectivity index (χ1n) is 6.00. The highest BCUT2D eigenvalue weighted by atomic mass is 32.2. The Morgan fingerprint density at radius 2 is 1.50 bits per heavy atom. The van der Waals surface area contributed by atoms with Gasteiger partial charge in [-0.05, 0) is 12.1 Å². The van der Waals surface area contributed by atoms with Gasteiger partial charge in [-0.25, -0.2) is 4.39 Å². The number of rotatable bonds is 1. The van der Waals surface area contributed by atoms with E-state index < -0.39 is 29.0 Å². The molecular weight excluding hydrogens is 339 g/mol. The molecule has 0 radical (unpaired) electrons. The third kappa shape index (κ3) is 5.15. The number of halogens is 8. The van der Waals surface area contributed by atoms with Crippen LogP contribution in [0.25, 0.3) is 10.1 Å². The summed E-state index contributed by atoms with van der Waals surface area (Å²) in [6.45, 7) is 3.44. The van der Waals surface area contributed by atoms with Gasteiger partial charge in [-0.1, -0.05) is 13.8 Å². The van der Waals surface area contributed by atoms with Crippen molar-refractivity contribution in [3.05, 3.63) is 35.0 Å². The molecule has 2 rings (SSSR count). The van der Waals surface area contributed by atoms with Crippen LogP contribution in [0, 0.1) is 5.82 Å². The van der Waals surface area contributed by atoms with Crippen LogP contribution in [0.15, 0.2) is 24.3 Å². The lowest BCUT2D eigenvalue weighted by atomic mass is 10.1. The standard InChI is InChI=1S/C12H11F4S.BF4/c1-7(2)10-5-8-3-4-9(13)6-11(8)17(10)12(14,15)16;2-1(3,4)5/h3-7H,1-2H3;/q+1;-1. The fourth-order valence-corrected chi connectivity index (χ4v) is 3.88. The van der Waals surface area contributed by atoms with Crippen molar-refractivity contribution in [2.24, 2.45) is 0 Å². The fourth-order valence-electron chi connectivity index (χ4n) is 1.80. The van der Waals surface area contributed by atoms with E-state index in [-0.39, 0.29) is 10.6 Å². The van der Waals surface area contributed by atoms with Crippen LogP contribution in [-0.2, 0) is 5.51 Å². The lowest BCUT2D eigenvalue weighted by Gasteiger charge is -2.02. The van der Waals surface area contributed by atoms with Crippen LogP contribution in [0.2, 0.25) is 0 Å². The van der Waals surface area contributed by atoms with E-state index in [0.29, 0.717) is 10.3 Å². The number of benzene rings is 1. The van der Waals surface area contributed by atoms with Crippen LogP contribution in [0.4, 0.5) is 34.8 Å². The number of alkyl halides is 3. The van der Waals surface area contributed by atoms with Crippen molar-refractivity contribution in [2.75, 3.05) is 0 Å². The summed E-state index contributed by atoms with van der Waals surface area (Å²) in [6.07, 6.45) is 0. The zero-order chi connectivity index (χ0) is 17.3. The van der Waals surface area contributed by atoms with E-state index in [1.165, 1.54) is 18.2 Å². The van der Waals surface area contributed by atoms with Gasteiger partial charge < -0.3 is 17.3 Å². The Bertz CT molecular complexity index is 635. The van der Waals surface area contributed by atoms with Crippen LogP contribution in [0.3, 0.4) is 0 Å². The van der Waals surface area contributed by atoms with Gasteiger partial charge in [0, 0.05) is 23.4 Å². The molecule has 0 N–H and O–H groups in total. The van der Waals surface area contributed by atoms with Gasteiger partial charge in [0.15, 0.2) is 9.58 Å². The Balaban J connectivity index is 0.000000422. The van der Waals surface area contributed by atoms with E-state index in [0.717, 1.165) is 6.07 Å². The second-order valence-corrected chi connectivity index (χ2v) is 6.62. The first-order chi connectivity index (χ1) is 9.80. The van der Waals surface area contributed by atoms with E-state index in [1.54, 1.807) is 13.8 Å². The lowest BCUT2D eigenvalue weighted by molar-refractivity contribution is -0.0868. The highest BCUT2D eigenvalue weighted by molar-refractivity contribution is 7.38. The van der Waals surface area contributed by atoms with Crippen LogP contribution in [0.5, 0.6) is 0 Å². The second kappa shape index (κ2) is 6.43. The van der Waals surface area contributed by atoms with Crippen molar-refractivity contribution < 1.29 is 34.8 Å². The molecule has 0 nitrogen and oxygen atoms in total. The Kier molecular flexibility index (Phi) is 5.48. The molecule has 1 atom stereocenters. The maximum Gasteiger partial charge on any atom is 0.673 e. The summed E-state index contributed by atoms with van der Waals surface area (Å²) in [6, 6.07) is 5.14. The maximum atomic E-state index is 13.1. The van der Waals surface area contributed by atoms with Gasteiger partial charge in [0.25, 0.3) is 0 Å². The molecule has 1 heterocycles. The molecule has 2 aromatic rings. The number of thiophene rings is 1. The highest BCUT2D eigenvalue weighted by Gasteiger charge is 2.48. The summed E-state index contributed by atoms with van der Waals surface area (Å²) in [5, 5.41) is 0.482. The molecular formula is C12H11BF8S. The largest absolute Gasteiger partial charge is 0.673 e. The summed E-state index contributed by atoms with van der Waals surface area (Å²) in [5.41, 5.74) is -4.34. The Morgan fingerprint density at radius 1 is 1.00 bits per heavy atom. The average Bonchev–Trinajstić information content (AvgIpc) is 2.64. The molecule has 0 aliphatic heterocycles. The van der Waals surface area contributed by atoms with Gasteiger partial charge >= 0.3 is 12.8 Å². The van der Waals surface area contributed by atoms with E-state index in [4.69, 9.17) is 0 Å². The molecule has 1 unspecified atom stereocenters. The van der Waals surface area contributed by atoms with Crippen molar-refractivity contribution in [2.45, 2.75) is 25.3 Å². The first-order valence-corrected chi connectivity index (χ1v) is 7.22. The average molecular weight is 350 g/mol. The van der Waals surface area contributed by atoms with E-state index in [2.05, 4.69) is 0 Å². The Labute approximate surface area is 123 Å². The third-order valence-electron chi connectivity index (χ3n) is 2.53. The van der Waals surface area contributed by atoms with Crippen molar-refractivity contribution in [1.29, 1.82) is 0 Å². The van der Waals surface area contributed by atoms with Crippen LogP contribution in [0.1, 0.15) is 24.6 Å². The zero-order valence-electron chi connectivity index (χ0n) is 11.4. The summed E-state index contributed by atoms with van der Waals surface area (Å²) in [7, 11) is -7.98. The minimum atomic E-state index is -6.00. The number of fused-ring (bicyclic) bond motifs is 1. The Morgan fingerprint density at radius 3 is 1.91 bits per heavy atom. The van der Waals surface area contributed by atoms with Crippen LogP contribution in [-0.4, -0.2) is 7.25 Å². The molecule has 0 aliphatic rings. The zero-order valence-corrected chi connectivity index (χ0v) is 12.2. The van der Waals surface area contributed by atoms with Crippen LogP contribution >= 0.6 is 10.5 Å². The molecule has 0 saturated heterocycles. The third-order valence-corrected chi connectivity index (χ3v) is 4.85. The number of hydrogen-bond donors (Lipinski definition) is 0. The summed E-state index contributed by atoms with van der Waals surface area (Å²) in [5.74, 6) is -0.820. The molecule has 124 valence electrons. The van der Waals surface area contributed by atoms with E-state index in [9.17, 15) is 34.8 Å². The second-order valence-electron chi connectivity index (χ2n) is 4.63. The quantitative estimate of drug-likeness (QED) is 0.308. The molecule has 22 heavy (non-hydrogen) atoms. The van der Waals surface area contributed by atoms with Crippen molar-refractivity contribution >= 4 is 27.8 Å². The van der Waals surface area contributed by atoms with Gasteiger partial charge in [-0.15, -0.1) is 13.2 Å². The SMILES string of the molecule is CC(C)c1cc2ccc(F)cc2[s+]1C(F)(F)F.F[B-](F)(F)F. The van der Waals surface area contributed by atoms with Crippen molar-refractivity contribution in [1.82, 2.24) is 0 Å². The molecule has 0 fully saturated rings. The fraction of sp³-hybridized carbons (Fsp3) is 0.333. The highest BCUT2D eigenvalue weighted by Crippen LogP contribution is 2.52. The molecule has 0 amide bonds. The summed E-state index contributed by atoms with van der Waals surface area (Å²) in [4.78, 5) is 0.332. The predicted molar refractivity (Wildman–Crippen MR) is 72.0 cm³/mol. The van der Waals surface area contributed by atoms with Gasteiger partial charge in [0.05, 0.1) is 10.5 Å². The molecule has 0 saturated carbocycles. The monoisotopic (exact) mass is 350 g/mol. The molecule has 1 aromatic heterocycles. The van der Waals surface area contributed by atoms with Crippen molar-refractivity contribution in [3.63, 3.8) is 0 Å². The van der Waals surface area contributed by atoms with Gasteiger partial charge in [-0.3, -0.25) is 0 Å². The Hall–Kier alpha value is -1.32. The minimum absolute atomic E-state index is 0.0567. The maximum absolute atomic E-state index is 13.1. The molecule has 0 bridgehead atoms. The molecule has 1 aromatic carbocycles. The first kappa shape index (κ1) is 18.7. The molecule has 10 heteroatoms. The van der Waals surface area contributed by atoms with Gasteiger partial charge in [0.2, 0.25) is 0 Å². The summed E-state index contributed by atoms with van der Waals surface area (Å²) >= 11 is 0. The van der Waals surface area contributed by atoms with Crippen molar-refractivity contribution in [3.8, 4) is 0 Å². The van der Waals surface area contributed by atoms with Gasteiger partial charge in [-0.2, -0.15) is 0 Å². The minimum Gasteiger partial charge on any atom is -0.418 e. The normalized spacial score (nSPS) is 13.3. The smallest absolute Gasteiger partial charge is 0.418 e.